The molecule has 100 valence electrons. The minimum Gasteiger partial charge on any atom is -0.493 e. The van der Waals surface area contributed by atoms with Gasteiger partial charge in [-0.3, -0.25) is 4.79 Å². The van der Waals surface area contributed by atoms with Gasteiger partial charge < -0.3 is 19.5 Å². The van der Waals surface area contributed by atoms with Crippen LogP contribution in [-0.4, -0.2) is 39.7 Å². The lowest BCUT2D eigenvalue weighted by Gasteiger charge is -2.15. The zero-order valence-electron chi connectivity index (χ0n) is 10.6. The third kappa shape index (κ3) is 2.98. The van der Waals surface area contributed by atoms with Gasteiger partial charge in [0.2, 0.25) is 5.75 Å². The third-order valence-corrected chi connectivity index (χ3v) is 2.52. The Hall–Kier alpha value is -1.62. The maximum Gasteiger partial charge on any atom is 0.255 e. The second-order valence-electron chi connectivity index (χ2n) is 3.33. The van der Waals surface area contributed by atoms with E-state index in [0.29, 0.717) is 35.2 Å². The molecule has 1 aromatic rings. The summed E-state index contributed by atoms with van der Waals surface area (Å²) >= 11 is 5.52. The van der Waals surface area contributed by atoms with Crippen molar-refractivity contribution in [2.75, 3.05) is 33.8 Å². The average molecular weight is 274 g/mol. The molecule has 0 radical (unpaired) electrons. The molecule has 0 saturated heterocycles. The molecule has 0 unspecified atom stereocenters. The number of nitrogens with one attached hydrogen (secondary N) is 1. The second-order valence-corrected chi connectivity index (χ2v) is 3.70. The van der Waals surface area contributed by atoms with E-state index in [4.69, 9.17) is 25.8 Å². The predicted octanol–water partition coefficient (Wildman–Crippen LogP) is 1.68. The fourth-order valence-electron chi connectivity index (χ4n) is 1.54. The lowest BCUT2D eigenvalue weighted by atomic mass is 10.1. The average Bonchev–Trinajstić information content (AvgIpc) is 2.42. The highest BCUT2D eigenvalue weighted by Crippen LogP contribution is 2.39. The molecule has 18 heavy (non-hydrogen) atoms. The summed E-state index contributed by atoms with van der Waals surface area (Å²) in [5.41, 5.74) is 0.375. The summed E-state index contributed by atoms with van der Waals surface area (Å²) < 4.78 is 15.5. The van der Waals surface area contributed by atoms with Crippen molar-refractivity contribution in [3.63, 3.8) is 0 Å². The molecule has 0 bridgehead atoms. The minimum atomic E-state index is -0.270. The number of ether oxygens (including phenoxy) is 3. The first kappa shape index (κ1) is 14.4. The standard InChI is InChI=1S/C12H16ClNO4/c1-16-9-5-4-8(12(15)14-7-6-13)10(17-2)11(9)18-3/h4-5H,6-7H2,1-3H3,(H,14,15). The highest BCUT2D eigenvalue weighted by atomic mass is 35.5. The number of carbonyl (C=O) groups excluding carboxylic acids is 1. The molecule has 0 aliphatic carbocycles. The maximum absolute atomic E-state index is 11.9. The van der Waals surface area contributed by atoms with E-state index in [9.17, 15) is 4.79 Å². The van der Waals surface area contributed by atoms with E-state index in [2.05, 4.69) is 5.32 Å². The Morgan fingerprint density at radius 1 is 1.17 bits per heavy atom. The van der Waals surface area contributed by atoms with Crippen LogP contribution in [0.4, 0.5) is 0 Å². The van der Waals surface area contributed by atoms with Gasteiger partial charge in [-0.1, -0.05) is 0 Å². The van der Waals surface area contributed by atoms with Crippen LogP contribution >= 0.6 is 11.6 Å². The number of hydrogen-bond donors (Lipinski definition) is 1. The summed E-state index contributed by atoms with van der Waals surface area (Å²) in [6, 6.07) is 3.26. The predicted molar refractivity (Wildman–Crippen MR) is 69.2 cm³/mol. The van der Waals surface area contributed by atoms with Gasteiger partial charge in [-0.05, 0) is 12.1 Å². The first-order valence-corrected chi connectivity index (χ1v) is 5.86. The van der Waals surface area contributed by atoms with E-state index >= 15 is 0 Å². The number of carbonyl (C=O) groups is 1. The molecule has 1 rings (SSSR count). The first-order chi connectivity index (χ1) is 8.69. The van der Waals surface area contributed by atoms with Crippen LogP contribution < -0.4 is 19.5 Å². The molecule has 0 aliphatic heterocycles. The van der Waals surface area contributed by atoms with Crippen LogP contribution in [0.5, 0.6) is 17.2 Å². The maximum atomic E-state index is 11.9. The van der Waals surface area contributed by atoms with Crippen molar-refractivity contribution < 1.29 is 19.0 Å². The number of amides is 1. The molecule has 0 fully saturated rings. The second kappa shape index (κ2) is 6.96. The molecule has 6 heteroatoms. The van der Waals surface area contributed by atoms with E-state index in [1.165, 1.54) is 21.3 Å². The molecule has 1 amide bonds. The summed E-state index contributed by atoms with van der Waals surface area (Å²) in [5, 5.41) is 2.66. The number of alkyl halides is 1. The van der Waals surface area contributed by atoms with Gasteiger partial charge in [0, 0.05) is 12.4 Å². The lowest BCUT2D eigenvalue weighted by Crippen LogP contribution is -2.25. The highest BCUT2D eigenvalue weighted by molar-refractivity contribution is 6.18. The fraction of sp³-hybridized carbons (Fsp3) is 0.417. The number of halogens is 1. The van der Waals surface area contributed by atoms with Crippen molar-refractivity contribution in [1.82, 2.24) is 5.32 Å². The number of rotatable bonds is 6. The van der Waals surface area contributed by atoms with Crippen molar-refractivity contribution in [3.05, 3.63) is 17.7 Å². The monoisotopic (exact) mass is 273 g/mol. The van der Waals surface area contributed by atoms with Crippen LogP contribution in [0, 0.1) is 0 Å². The van der Waals surface area contributed by atoms with Crippen LogP contribution in [0.15, 0.2) is 12.1 Å². The van der Waals surface area contributed by atoms with Gasteiger partial charge in [-0.2, -0.15) is 0 Å². The van der Waals surface area contributed by atoms with E-state index in [1.54, 1.807) is 12.1 Å². The van der Waals surface area contributed by atoms with Gasteiger partial charge in [0.1, 0.15) is 0 Å². The van der Waals surface area contributed by atoms with Crippen LogP contribution in [0.1, 0.15) is 10.4 Å². The summed E-state index contributed by atoms with van der Waals surface area (Å²) in [4.78, 5) is 11.9. The number of methoxy groups -OCH3 is 3. The summed E-state index contributed by atoms with van der Waals surface area (Å²) in [6.07, 6.45) is 0. The zero-order chi connectivity index (χ0) is 13.5. The first-order valence-electron chi connectivity index (χ1n) is 5.32. The van der Waals surface area contributed by atoms with E-state index in [-0.39, 0.29) is 5.91 Å². The Bertz CT molecular complexity index is 423. The normalized spacial score (nSPS) is 9.78. The van der Waals surface area contributed by atoms with Gasteiger partial charge >= 0.3 is 0 Å². The number of benzene rings is 1. The van der Waals surface area contributed by atoms with Gasteiger partial charge in [-0.15, -0.1) is 11.6 Å². The van der Waals surface area contributed by atoms with Crippen LogP contribution in [0.2, 0.25) is 0 Å². The van der Waals surface area contributed by atoms with Crippen LogP contribution in [-0.2, 0) is 0 Å². The SMILES string of the molecule is COc1ccc(C(=O)NCCCl)c(OC)c1OC. The molecule has 1 N–H and O–H groups in total. The molecule has 0 aromatic heterocycles. The van der Waals surface area contributed by atoms with E-state index < -0.39 is 0 Å². The van der Waals surface area contributed by atoms with Gasteiger partial charge in [-0.25, -0.2) is 0 Å². The van der Waals surface area contributed by atoms with Gasteiger partial charge in [0.15, 0.2) is 11.5 Å². The van der Waals surface area contributed by atoms with Crippen molar-refractivity contribution in [2.24, 2.45) is 0 Å². The van der Waals surface area contributed by atoms with E-state index in [0.717, 1.165) is 0 Å². The Labute approximate surface area is 111 Å². The Kier molecular flexibility index (Phi) is 5.58. The van der Waals surface area contributed by atoms with E-state index in [1.807, 2.05) is 0 Å². The largest absolute Gasteiger partial charge is 0.493 e. The Morgan fingerprint density at radius 3 is 2.33 bits per heavy atom. The number of hydrogen-bond acceptors (Lipinski definition) is 4. The molecule has 5 nitrogen and oxygen atoms in total. The molecule has 0 aliphatic rings. The zero-order valence-corrected chi connectivity index (χ0v) is 11.3. The molecular formula is C12H16ClNO4. The molecular weight excluding hydrogens is 258 g/mol. The van der Waals surface area contributed by atoms with Crippen LogP contribution in [0.25, 0.3) is 0 Å². The van der Waals surface area contributed by atoms with Crippen LogP contribution in [0.3, 0.4) is 0 Å². The lowest BCUT2D eigenvalue weighted by molar-refractivity contribution is 0.0952. The highest BCUT2D eigenvalue weighted by Gasteiger charge is 2.20. The Morgan fingerprint density at radius 2 is 1.83 bits per heavy atom. The fourth-order valence-corrected chi connectivity index (χ4v) is 1.63. The molecule has 0 saturated carbocycles. The minimum absolute atomic E-state index is 0.270. The van der Waals surface area contributed by atoms with Crippen molar-refractivity contribution in [2.45, 2.75) is 0 Å². The van der Waals surface area contributed by atoms with Gasteiger partial charge in [0.05, 0.1) is 26.9 Å². The molecule has 0 spiro atoms. The smallest absolute Gasteiger partial charge is 0.255 e. The molecule has 1 aromatic carbocycles. The summed E-state index contributed by atoms with van der Waals surface area (Å²) in [5.74, 6) is 1.31. The summed E-state index contributed by atoms with van der Waals surface area (Å²) in [7, 11) is 4.47. The Balaban J connectivity index is 3.16. The third-order valence-electron chi connectivity index (χ3n) is 2.33. The topological polar surface area (TPSA) is 56.8 Å². The quantitative estimate of drug-likeness (QED) is 0.801. The van der Waals surface area contributed by atoms with Crippen molar-refractivity contribution >= 4 is 17.5 Å². The molecule has 0 heterocycles. The van der Waals surface area contributed by atoms with Gasteiger partial charge in [0.25, 0.3) is 5.91 Å². The molecule has 0 atom stereocenters. The van der Waals surface area contributed by atoms with Crippen molar-refractivity contribution in [3.8, 4) is 17.2 Å². The van der Waals surface area contributed by atoms with Crippen molar-refractivity contribution in [1.29, 1.82) is 0 Å². The summed E-state index contributed by atoms with van der Waals surface area (Å²) in [6.45, 7) is 0.387.